The molecule has 1 aromatic rings. The summed E-state index contributed by atoms with van der Waals surface area (Å²) in [7, 11) is 0. The summed E-state index contributed by atoms with van der Waals surface area (Å²) in [6, 6.07) is 6.58. The Morgan fingerprint density at radius 3 is 2.56 bits per heavy atom. The van der Waals surface area contributed by atoms with Crippen LogP contribution in [0.2, 0.25) is 0 Å². The van der Waals surface area contributed by atoms with E-state index >= 15 is 0 Å². The molecule has 1 saturated heterocycles. The van der Waals surface area contributed by atoms with Gasteiger partial charge in [0.25, 0.3) is 0 Å². The summed E-state index contributed by atoms with van der Waals surface area (Å²) in [6.07, 6.45) is 1.83. The maximum absolute atomic E-state index is 12.8. The van der Waals surface area contributed by atoms with E-state index in [1.165, 1.54) is 12.1 Å². The molecule has 1 atom stereocenters. The second-order valence-electron chi connectivity index (χ2n) is 4.56. The molecule has 1 aliphatic rings. The van der Waals surface area contributed by atoms with Crippen molar-refractivity contribution in [2.45, 2.75) is 12.8 Å². The van der Waals surface area contributed by atoms with Gasteiger partial charge in [-0.05, 0) is 30.5 Å². The van der Waals surface area contributed by atoms with E-state index in [0.717, 1.165) is 31.5 Å². The largest absolute Gasteiger partial charge is 0.396 e. The van der Waals surface area contributed by atoms with Gasteiger partial charge < -0.3 is 5.11 Å². The molecule has 1 fully saturated rings. The predicted octanol–water partition coefficient (Wildman–Crippen LogP) is 2.40. The molecule has 0 bridgehead atoms. The molecule has 1 heterocycles. The molecule has 2 rings (SSSR count). The average Bonchev–Trinajstić information content (AvgIpc) is 2.64. The third-order valence-corrected chi connectivity index (χ3v) is 4.04. The van der Waals surface area contributed by atoms with Crippen LogP contribution in [0.4, 0.5) is 4.39 Å². The van der Waals surface area contributed by atoms with Gasteiger partial charge in [0, 0.05) is 41.4 Å². The third kappa shape index (κ3) is 2.73. The van der Waals surface area contributed by atoms with Gasteiger partial charge in [0.15, 0.2) is 0 Å². The van der Waals surface area contributed by atoms with Crippen LogP contribution < -0.4 is 0 Å². The van der Waals surface area contributed by atoms with E-state index in [4.69, 9.17) is 0 Å². The predicted molar refractivity (Wildman–Crippen MR) is 69.8 cm³/mol. The van der Waals surface area contributed by atoms with Crippen molar-refractivity contribution in [1.29, 1.82) is 0 Å². The van der Waals surface area contributed by atoms with Crippen LogP contribution in [0.1, 0.15) is 12.0 Å². The molecule has 1 aromatic carbocycles. The zero-order chi connectivity index (χ0) is 11.6. The summed E-state index contributed by atoms with van der Waals surface area (Å²) in [5.41, 5.74) is 1.06. The Labute approximate surface area is 109 Å². The summed E-state index contributed by atoms with van der Waals surface area (Å²) in [5, 5.41) is 9.55. The summed E-state index contributed by atoms with van der Waals surface area (Å²) < 4.78 is 15.0. The van der Waals surface area contributed by atoms with Crippen LogP contribution in [0.25, 0.3) is 0 Å². The third-order valence-electron chi connectivity index (χ3n) is 3.22. The fraction of sp³-hybridized carbons (Fsp3) is 0.500. The number of hydrogen-bond donors (Lipinski definition) is 1. The molecule has 0 aliphatic carbocycles. The SMILES string of the molecule is OC[C@]1(Cc2ccc(F)cc2)CCN(I)C1. The van der Waals surface area contributed by atoms with Crippen LogP contribution in [-0.2, 0) is 6.42 Å². The molecule has 0 saturated carbocycles. The lowest BCUT2D eigenvalue weighted by Crippen LogP contribution is -2.30. The van der Waals surface area contributed by atoms with Crippen molar-refractivity contribution in [2.24, 2.45) is 5.41 Å². The lowest BCUT2D eigenvalue weighted by molar-refractivity contribution is 0.139. The van der Waals surface area contributed by atoms with E-state index < -0.39 is 0 Å². The van der Waals surface area contributed by atoms with Crippen molar-refractivity contribution in [2.75, 3.05) is 19.7 Å². The van der Waals surface area contributed by atoms with Gasteiger partial charge in [-0.15, -0.1) is 0 Å². The van der Waals surface area contributed by atoms with Crippen molar-refractivity contribution in [1.82, 2.24) is 3.11 Å². The van der Waals surface area contributed by atoms with Crippen LogP contribution in [0, 0.1) is 11.2 Å². The van der Waals surface area contributed by atoms with E-state index in [1.54, 1.807) is 0 Å². The van der Waals surface area contributed by atoms with E-state index in [9.17, 15) is 9.50 Å². The Morgan fingerprint density at radius 2 is 2.06 bits per heavy atom. The Hall–Kier alpha value is -0.200. The average molecular weight is 335 g/mol. The van der Waals surface area contributed by atoms with Gasteiger partial charge in [-0.2, -0.15) is 0 Å². The van der Waals surface area contributed by atoms with Crippen molar-refractivity contribution >= 4 is 22.9 Å². The topological polar surface area (TPSA) is 23.5 Å². The highest BCUT2D eigenvalue weighted by molar-refractivity contribution is 14.1. The van der Waals surface area contributed by atoms with Crippen molar-refractivity contribution in [3.63, 3.8) is 0 Å². The number of halogens is 2. The molecule has 0 unspecified atom stereocenters. The monoisotopic (exact) mass is 335 g/mol. The first-order valence-corrected chi connectivity index (χ1v) is 6.36. The smallest absolute Gasteiger partial charge is 0.123 e. The molecule has 0 radical (unpaired) electrons. The standard InChI is InChI=1S/C12H15FINO/c13-11-3-1-10(2-4-11)7-12(9-16)5-6-15(14)8-12/h1-4,16H,5-9H2/t12-/m0/s1. The minimum Gasteiger partial charge on any atom is -0.396 e. The molecule has 0 aromatic heterocycles. The van der Waals surface area contributed by atoms with Crippen LogP contribution in [0.3, 0.4) is 0 Å². The number of hydrogen-bond acceptors (Lipinski definition) is 2. The van der Waals surface area contributed by atoms with Crippen molar-refractivity contribution in [3.8, 4) is 0 Å². The Morgan fingerprint density at radius 1 is 1.38 bits per heavy atom. The summed E-state index contributed by atoms with van der Waals surface area (Å²) in [5.74, 6) is -0.205. The zero-order valence-electron chi connectivity index (χ0n) is 9.00. The van der Waals surface area contributed by atoms with Crippen LogP contribution in [0.15, 0.2) is 24.3 Å². The minimum atomic E-state index is -0.205. The highest BCUT2D eigenvalue weighted by Gasteiger charge is 2.36. The number of rotatable bonds is 3. The highest BCUT2D eigenvalue weighted by atomic mass is 127. The molecule has 0 spiro atoms. The van der Waals surface area contributed by atoms with Gasteiger partial charge in [0.05, 0.1) is 6.61 Å². The van der Waals surface area contributed by atoms with Gasteiger partial charge in [-0.25, -0.2) is 7.50 Å². The van der Waals surface area contributed by atoms with Gasteiger partial charge in [-0.3, -0.25) is 0 Å². The van der Waals surface area contributed by atoms with Crippen molar-refractivity contribution in [3.05, 3.63) is 35.6 Å². The summed E-state index contributed by atoms with van der Waals surface area (Å²) in [4.78, 5) is 0. The van der Waals surface area contributed by atoms with Gasteiger partial charge in [-0.1, -0.05) is 12.1 Å². The molecular formula is C12H15FINO. The van der Waals surface area contributed by atoms with Gasteiger partial charge >= 0.3 is 0 Å². The number of benzene rings is 1. The Kier molecular flexibility index (Phi) is 3.81. The zero-order valence-corrected chi connectivity index (χ0v) is 11.2. The first-order valence-electron chi connectivity index (χ1n) is 5.40. The Balaban J connectivity index is 2.10. The highest BCUT2D eigenvalue weighted by Crippen LogP contribution is 2.35. The normalized spacial score (nSPS) is 26.2. The second-order valence-corrected chi connectivity index (χ2v) is 5.92. The van der Waals surface area contributed by atoms with E-state index in [1.807, 2.05) is 12.1 Å². The van der Waals surface area contributed by atoms with Gasteiger partial charge in [0.1, 0.15) is 5.82 Å². The second kappa shape index (κ2) is 4.98. The van der Waals surface area contributed by atoms with E-state index in [-0.39, 0.29) is 17.8 Å². The molecule has 88 valence electrons. The van der Waals surface area contributed by atoms with E-state index in [2.05, 4.69) is 26.0 Å². The molecule has 4 heteroatoms. The molecule has 0 amide bonds. The minimum absolute atomic E-state index is 0.0426. The maximum atomic E-state index is 12.8. The lowest BCUT2D eigenvalue weighted by Gasteiger charge is -2.26. The lowest BCUT2D eigenvalue weighted by atomic mass is 9.82. The maximum Gasteiger partial charge on any atom is 0.123 e. The first kappa shape index (κ1) is 12.3. The summed E-state index contributed by atoms with van der Waals surface area (Å²) >= 11 is 2.29. The van der Waals surface area contributed by atoms with Gasteiger partial charge in [0.2, 0.25) is 0 Å². The van der Waals surface area contributed by atoms with E-state index in [0.29, 0.717) is 0 Å². The molecule has 16 heavy (non-hydrogen) atoms. The molecule has 2 nitrogen and oxygen atoms in total. The number of aliphatic hydroxyl groups is 1. The van der Waals surface area contributed by atoms with Crippen LogP contribution >= 0.6 is 22.9 Å². The molecule has 1 aliphatic heterocycles. The van der Waals surface area contributed by atoms with Crippen molar-refractivity contribution < 1.29 is 9.50 Å². The van der Waals surface area contributed by atoms with Crippen LogP contribution in [0.5, 0.6) is 0 Å². The quantitative estimate of drug-likeness (QED) is 0.677. The molecular weight excluding hydrogens is 320 g/mol. The first-order chi connectivity index (χ1) is 7.63. The fourth-order valence-electron chi connectivity index (χ4n) is 2.25. The number of nitrogens with zero attached hydrogens (tertiary/aromatic N) is 1. The van der Waals surface area contributed by atoms with Crippen LogP contribution in [-0.4, -0.2) is 27.9 Å². The fourth-order valence-corrected chi connectivity index (χ4v) is 3.21. The Bertz CT molecular complexity index is 357. The molecule has 1 N–H and O–H groups in total. The number of aliphatic hydroxyl groups excluding tert-OH is 1. The summed E-state index contributed by atoms with van der Waals surface area (Å²) in [6.45, 7) is 2.12.